The van der Waals surface area contributed by atoms with Crippen molar-refractivity contribution in [3.05, 3.63) is 23.8 Å². The summed E-state index contributed by atoms with van der Waals surface area (Å²) >= 11 is 0. The van der Waals surface area contributed by atoms with Gasteiger partial charge in [-0.05, 0) is 19.2 Å². The fraction of sp³-hybridized carbons (Fsp3) is 0.500. The molecule has 0 saturated carbocycles. The summed E-state index contributed by atoms with van der Waals surface area (Å²) in [6.07, 6.45) is -0.260. The third-order valence-corrected chi connectivity index (χ3v) is 4.01. The van der Waals surface area contributed by atoms with E-state index in [4.69, 9.17) is 14.6 Å². The van der Waals surface area contributed by atoms with Crippen molar-refractivity contribution in [1.29, 1.82) is 0 Å². The van der Waals surface area contributed by atoms with E-state index in [-0.39, 0.29) is 18.5 Å². The minimum absolute atomic E-state index is 0.0371. The number of nitrogens with two attached hydrogens (primary N) is 1. The normalized spacial score (nSPS) is 20.5. The number of ether oxygens (including phenoxy) is 2. The highest BCUT2D eigenvalue weighted by Gasteiger charge is 2.23. The Bertz CT molecular complexity index is 624. The number of hydrogen-bond acceptors (Lipinski definition) is 5. The van der Waals surface area contributed by atoms with Gasteiger partial charge in [0.05, 0.1) is 6.61 Å². The van der Waals surface area contributed by atoms with Crippen LogP contribution in [0.25, 0.3) is 0 Å². The second-order valence-corrected chi connectivity index (χ2v) is 6.33. The monoisotopic (exact) mass is 322 g/mol. The molecule has 0 radical (unpaired) electrons. The number of rotatable bonds is 4. The Morgan fingerprint density at radius 3 is 2.76 bits per heavy atom. The third-order valence-electron chi connectivity index (χ3n) is 3.08. The molecule has 1 aromatic rings. The van der Waals surface area contributed by atoms with Crippen LogP contribution in [-0.4, -0.2) is 52.8 Å². The number of morpholine rings is 1. The fourth-order valence-corrected chi connectivity index (χ4v) is 2.59. The largest absolute Gasteiger partial charge is 0.488 e. The number of sulfonamides is 1. The first-order valence-corrected chi connectivity index (χ1v) is 7.77. The van der Waals surface area contributed by atoms with Crippen molar-refractivity contribution in [2.24, 2.45) is 5.14 Å². The molecule has 6 nitrogen and oxygen atoms in total. The Morgan fingerprint density at radius 1 is 1.43 bits per heavy atom. The van der Waals surface area contributed by atoms with Crippen molar-refractivity contribution in [2.75, 3.05) is 33.4 Å². The van der Waals surface area contributed by atoms with Crippen LogP contribution in [0, 0.1) is 11.6 Å². The molecule has 21 heavy (non-hydrogen) atoms. The zero-order valence-electron chi connectivity index (χ0n) is 11.4. The summed E-state index contributed by atoms with van der Waals surface area (Å²) in [7, 11) is -2.40. The van der Waals surface area contributed by atoms with Crippen LogP contribution in [0.2, 0.25) is 0 Å². The van der Waals surface area contributed by atoms with Crippen molar-refractivity contribution in [3.63, 3.8) is 0 Å². The lowest BCUT2D eigenvalue weighted by Crippen LogP contribution is -2.42. The van der Waals surface area contributed by atoms with E-state index >= 15 is 0 Å². The topological polar surface area (TPSA) is 81.9 Å². The van der Waals surface area contributed by atoms with Gasteiger partial charge in [-0.3, -0.25) is 0 Å². The molecule has 0 spiro atoms. The Hall–Kier alpha value is -1.29. The molecule has 0 bridgehead atoms. The van der Waals surface area contributed by atoms with Crippen LogP contribution in [0.3, 0.4) is 0 Å². The van der Waals surface area contributed by atoms with Crippen LogP contribution < -0.4 is 9.88 Å². The van der Waals surface area contributed by atoms with Gasteiger partial charge in [0.15, 0.2) is 11.6 Å². The molecule has 1 atom stereocenters. The van der Waals surface area contributed by atoms with Gasteiger partial charge in [-0.25, -0.2) is 17.9 Å². The molecule has 0 aliphatic carbocycles. The Kier molecular flexibility index (Phi) is 4.77. The van der Waals surface area contributed by atoms with Crippen LogP contribution in [0.4, 0.5) is 8.78 Å². The molecule has 0 aromatic heterocycles. The lowest BCUT2D eigenvalue weighted by atomic mass is 10.3. The van der Waals surface area contributed by atoms with Gasteiger partial charge in [-0.15, -0.1) is 0 Å². The second-order valence-electron chi connectivity index (χ2n) is 4.80. The molecule has 1 heterocycles. The van der Waals surface area contributed by atoms with Crippen LogP contribution in [-0.2, 0) is 14.8 Å². The Balaban J connectivity index is 2.09. The second kappa shape index (κ2) is 6.22. The number of primary sulfonamides is 1. The third kappa shape index (κ3) is 3.88. The zero-order valence-corrected chi connectivity index (χ0v) is 12.2. The lowest BCUT2D eigenvalue weighted by molar-refractivity contribution is -0.0409. The van der Waals surface area contributed by atoms with E-state index in [1.807, 2.05) is 11.9 Å². The molecule has 1 aliphatic rings. The van der Waals surface area contributed by atoms with Crippen LogP contribution in [0.15, 0.2) is 17.0 Å². The fourth-order valence-electron chi connectivity index (χ4n) is 2.00. The van der Waals surface area contributed by atoms with Gasteiger partial charge in [-0.2, -0.15) is 4.39 Å². The van der Waals surface area contributed by atoms with Crippen LogP contribution in [0.1, 0.15) is 0 Å². The average molecular weight is 322 g/mol. The Labute approximate surface area is 121 Å². The molecule has 1 saturated heterocycles. The summed E-state index contributed by atoms with van der Waals surface area (Å²) in [4.78, 5) is 1.12. The number of likely N-dealkylation sites (N-methyl/N-ethyl adjacent to an activating group) is 1. The van der Waals surface area contributed by atoms with Crippen molar-refractivity contribution in [2.45, 2.75) is 11.0 Å². The highest BCUT2D eigenvalue weighted by Crippen LogP contribution is 2.25. The van der Waals surface area contributed by atoms with Crippen LogP contribution in [0.5, 0.6) is 5.75 Å². The van der Waals surface area contributed by atoms with E-state index in [1.54, 1.807) is 0 Å². The quantitative estimate of drug-likeness (QED) is 0.863. The summed E-state index contributed by atoms with van der Waals surface area (Å²) in [6.45, 7) is 1.98. The van der Waals surface area contributed by atoms with Gasteiger partial charge in [0.25, 0.3) is 0 Å². The highest BCUT2D eigenvalue weighted by atomic mass is 32.2. The molecule has 1 unspecified atom stereocenters. The maximum atomic E-state index is 13.8. The van der Waals surface area contributed by atoms with Crippen molar-refractivity contribution in [3.8, 4) is 5.75 Å². The van der Waals surface area contributed by atoms with Crippen molar-refractivity contribution < 1.29 is 26.7 Å². The maximum Gasteiger partial charge on any atom is 0.241 e. The van der Waals surface area contributed by atoms with Gasteiger partial charge in [0, 0.05) is 13.1 Å². The number of hydrogen-bond donors (Lipinski definition) is 1. The van der Waals surface area contributed by atoms with Crippen molar-refractivity contribution in [1.82, 2.24) is 4.90 Å². The average Bonchev–Trinajstić information content (AvgIpc) is 2.39. The summed E-state index contributed by atoms with van der Waals surface area (Å²) in [6, 6.07) is 1.90. The summed E-state index contributed by atoms with van der Waals surface area (Å²) in [5.74, 6) is -3.31. The molecule has 2 rings (SSSR count). The molecular weight excluding hydrogens is 306 g/mol. The van der Waals surface area contributed by atoms with Gasteiger partial charge >= 0.3 is 0 Å². The van der Waals surface area contributed by atoms with Gasteiger partial charge in [0.2, 0.25) is 15.8 Å². The number of nitrogens with zero attached hydrogens (tertiary/aromatic N) is 1. The van der Waals surface area contributed by atoms with E-state index in [0.717, 1.165) is 18.7 Å². The molecule has 1 aromatic carbocycles. The molecule has 1 fully saturated rings. The molecule has 2 N–H and O–H groups in total. The number of halogens is 2. The highest BCUT2D eigenvalue weighted by molar-refractivity contribution is 7.89. The van der Waals surface area contributed by atoms with E-state index < -0.39 is 26.6 Å². The Morgan fingerprint density at radius 2 is 2.14 bits per heavy atom. The van der Waals surface area contributed by atoms with Crippen molar-refractivity contribution >= 4 is 10.0 Å². The summed E-state index contributed by atoms with van der Waals surface area (Å²) < 4.78 is 60.1. The lowest BCUT2D eigenvalue weighted by Gasteiger charge is -2.29. The minimum atomic E-state index is -4.32. The molecular formula is C12H16F2N2O4S. The van der Waals surface area contributed by atoms with Gasteiger partial charge in [-0.1, -0.05) is 0 Å². The number of benzene rings is 1. The SMILES string of the molecule is CN1CCOC(COc2ccc(S(N)(=O)=O)c(F)c2F)C1. The van der Waals surface area contributed by atoms with Gasteiger partial charge in [0.1, 0.15) is 17.6 Å². The van der Waals surface area contributed by atoms with E-state index in [1.165, 1.54) is 0 Å². The van der Waals surface area contributed by atoms with Gasteiger partial charge < -0.3 is 14.4 Å². The predicted octanol–water partition coefficient (Wildman–Crippen LogP) is 0.322. The first kappa shape index (κ1) is 16.1. The standard InChI is InChI=1S/C12H16F2N2O4S/c1-16-4-5-19-8(6-16)7-20-9-2-3-10(21(15,17)18)12(14)11(9)13/h2-3,8H,4-7H2,1H3,(H2,15,17,18). The summed E-state index contributed by atoms with van der Waals surface area (Å²) in [5, 5.41) is 4.78. The zero-order chi connectivity index (χ0) is 15.6. The molecule has 9 heteroatoms. The summed E-state index contributed by atoms with van der Waals surface area (Å²) in [5.41, 5.74) is 0. The molecule has 118 valence electrons. The minimum Gasteiger partial charge on any atom is -0.488 e. The van der Waals surface area contributed by atoms with E-state index in [0.29, 0.717) is 13.2 Å². The molecule has 1 aliphatic heterocycles. The predicted molar refractivity (Wildman–Crippen MR) is 70.5 cm³/mol. The van der Waals surface area contributed by atoms with E-state index in [9.17, 15) is 17.2 Å². The first-order chi connectivity index (χ1) is 9.79. The molecule has 0 amide bonds. The first-order valence-electron chi connectivity index (χ1n) is 6.23. The maximum absolute atomic E-state index is 13.8. The van der Waals surface area contributed by atoms with E-state index in [2.05, 4.69) is 0 Å². The van der Waals surface area contributed by atoms with Crippen LogP contribution >= 0.6 is 0 Å². The smallest absolute Gasteiger partial charge is 0.241 e.